The van der Waals surface area contributed by atoms with E-state index in [1.54, 1.807) is 0 Å². The van der Waals surface area contributed by atoms with E-state index < -0.39 is 0 Å². The number of allylic oxidation sites excluding steroid dienone is 1. The molecule has 0 nitrogen and oxygen atoms in total. The molecule has 0 rings (SSSR count). The van der Waals surface area contributed by atoms with Crippen LogP contribution < -0.4 is 0 Å². The SMILES string of the molecule is C=C(CCCCC(C)C)C(C)C. The zero-order valence-corrected chi connectivity index (χ0v) is 9.19. The van der Waals surface area contributed by atoms with Gasteiger partial charge in [0.1, 0.15) is 0 Å². The van der Waals surface area contributed by atoms with Crippen molar-refractivity contribution in [2.24, 2.45) is 11.8 Å². The van der Waals surface area contributed by atoms with Gasteiger partial charge >= 0.3 is 0 Å². The number of unbranched alkanes of at least 4 members (excludes halogenated alkanes) is 1. The summed E-state index contributed by atoms with van der Waals surface area (Å²) in [6.07, 6.45) is 5.29. The standard InChI is InChI=1S/C12H24/c1-10(2)8-6-7-9-12(5)11(3)4/h10-11H,5-9H2,1-4H3. The largest absolute Gasteiger partial charge is 0.0996 e. The molecule has 72 valence electrons. The van der Waals surface area contributed by atoms with Crippen LogP contribution in [0.1, 0.15) is 53.4 Å². The topological polar surface area (TPSA) is 0 Å². The molecular formula is C12H24. The third kappa shape index (κ3) is 6.45. The van der Waals surface area contributed by atoms with Crippen molar-refractivity contribution in [2.75, 3.05) is 0 Å². The summed E-state index contributed by atoms with van der Waals surface area (Å²) in [5, 5.41) is 0. The molecule has 0 heterocycles. The normalized spacial score (nSPS) is 11.2. The van der Waals surface area contributed by atoms with Crippen LogP contribution in [0.3, 0.4) is 0 Å². The minimum atomic E-state index is 0.670. The van der Waals surface area contributed by atoms with Crippen molar-refractivity contribution in [3.63, 3.8) is 0 Å². The van der Waals surface area contributed by atoms with Crippen LogP contribution in [0.4, 0.5) is 0 Å². The van der Waals surface area contributed by atoms with Gasteiger partial charge in [-0.2, -0.15) is 0 Å². The van der Waals surface area contributed by atoms with E-state index >= 15 is 0 Å². The molecule has 0 aliphatic carbocycles. The number of hydrogen-bond acceptors (Lipinski definition) is 0. The molecule has 0 radical (unpaired) electrons. The van der Waals surface area contributed by atoms with Gasteiger partial charge in [-0.25, -0.2) is 0 Å². The maximum absolute atomic E-state index is 4.07. The highest BCUT2D eigenvalue weighted by Crippen LogP contribution is 2.16. The Morgan fingerprint density at radius 2 is 1.67 bits per heavy atom. The molecule has 0 atom stereocenters. The molecule has 0 fully saturated rings. The molecule has 0 heteroatoms. The maximum Gasteiger partial charge on any atom is -0.0263 e. The highest BCUT2D eigenvalue weighted by Gasteiger charge is 2.00. The molecule has 12 heavy (non-hydrogen) atoms. The second-order valence-corrected chi connectivity index (χ2v) is 4.45. The molecule has 0 saturated carbocycles. The summed E-state index contributed by atoms with van der Waals surface area (Å²) >= 11 is 0. The van der Waals surface area contributed by atoms with Gasteiger partial charge in [-0.15, -0.1) is 0 Å². The second kappa shape index (κ2) is 6.28. The van der Waals surface area contributed by atoms with Crippen molar-refractivity contribution in [3.8, 4) is 0 Å². The third-order valence-electron chi connectivity index (χ3n) is 2.35. The Balaban J connectivity index is 3.26. The van der Waals surface area contributed by atoms with Crippen LogP contribution in [-0.4, -0.2) is 0 Å². The Hall–Kier alpha value is -0.260. The predicted molar refractivity (Wildman–Crippen MR) is 57.3 cm³/mol. The van der Waals surface area contributed by atoms with E-state index in [-0.39, 0.29) is 0 Å². The number of hydrogen-bond donors (Lipinski definition) is 0. The van der Waals surface area contributed by atoms with E-state index in [0.29, 0.717) is 5.92 Å². The van der Waals surface area contributed by atoms with Gasteiger partial charge < -0.3 is 0 Å². The molecule has 0 unspecified atom stereocenters. The fourth-order valence-corrected chi connectivity index (χ4v) is 1.19. The first-order valence-corrected chi connectivity index (χ1v) is 5.21. The van der Waals surface area contributed by atoms with E-state index in [2.05, 4.69) is 34.3 Å². The Bertz CT molecular complexity index is 120. The Kier molecular flexibility index (Phi) is 6.14. The Morgan fingerprint density at radius 1 is 1.08 bits per heavy atom. The lowest BCUT2D eigenvalue weighted by atomic mass is 9.97. The summed E-state index contributed by atoms with van der Waals surface area (Å²) in [4.78, 5) is 0. The summed E-state index contributed by atoms with van der Waals surface area (Å²) < 4.78 is 0. The molecule has 0 N–H and O–H groups in total. The van der Waals surface area contributed by atoms with Gasteiger partial charge in [0.2, 0.25) is 0 Å². The van der Waals surface area contributed by atoms with Crippen molar-refractivity contribution in [1.82, 2.24) is 0 Å². The molecule has 0 aromatic carbocycles. The van der Waals surface area contributed by atoms with E-state index in [1.807, 2.05) is 0 Å². The average molecular weight is 168 g/mol. The molecule has 0 aliphatic heterocycles. The van der Waals surface area contributed by atoms with Gasteiger partial charge in [0.25, 0.3) is 0 Å². The molecule has 0 aromatic rings. The van der Waals surface area contributed by atoms with E-state index in [9.17, 15) is 0 Å². The summed E-state index contributed by atoms with van der Waals surface area (Å²) in [5.74, 6) is 1.53. The van der Waals surface area contributed by atoms with Gasteiger partial charge in [0.15, 0.2) is 0 Å². The van der Waals surface area contributed by atoms with Crippen LogP contribution in [0.15, 0.2) is 12.2 Å². The zero-order chi connectivity index (χ0) is 9.56. The lowest BCUT2D eigenvalue weighted by Crippen LogP contribution is -1.93. The first-order valence-electron chi connectivity index (χ1n) is 5.21. The van der Waals surface area contributed by atoms with Crippen LogP contribution in [-0.2, 0) is 0 Å². The highest BCUT2D eigenvalue weighted by atomic mass is 14.1. The first kappa shape index (κ1) is 11.7. The van der Waals surface area contributed by atoms with Crippen molar-refractivity contribution in [1.29, 1.82) is 0 Å². The fourth-order valence-electron chi connectivity index (χ4n) is 1.19. The molecule has 0 aromatic heterocycles. The van der Waals surface area contributed by atoms with Crippen LogP contribution in [0.5, 0.6) is 0 Å². The molecule has 0 saturated heterocycles. The second-order valence-electron chi connectivity index (χ2n) is 4.45. The van der Waals surface area contributed by atoms with Crippen molar-refractivity contribution < 1.29 is 0 Å². The smallest absolute Gasteiger partial charge is 0.0263 e. The predicted octanol–water partition coefficient (Wildman–Crippen LogP) is 4.42. The van der Waals surface area contributed by atoms with Gasteiger partial charge in [-0.1, -0.05) is 52.7 Å². The molecule has 0 spiro atoms. The van der Waals surface area contributed by atoms with Gasteiger partial charge in [-0.05, 0) is 24.7 Å². The summed E-state index contributed by atoms with van der Waals surface area (Å²) in [6, 6.07) is 0. The quantitative estimate of drug-likeness (QED) is 0.407. The van der Waals surface area contributed by atoms with Crippen molar-refractivity contribution in [2.45, 2.75) is 53.4 Å². The third-order valence-corrected chi connectivity index (χ3v) is 2.35. The monoisotopic (exact) mass is 168 g/mol. The van der Waals surface area contributed by atoms with Gasteiger partial charge in [0.05, 0.1) is 0 Å². The van der Waals surface area contributed by atoms with E-state index in [1.165, 1.54) is 31.3 Å². The molecule has 0 aliphatic rings. The van der Waals surface area contributed by atoms with E-state index in [4.69, 9.17) is 0 Å². The summed E-state index contributed by atoms with van der Waals surface area (Å²) in [6.45, 7) is 13.1. The van der Waals surface area contributed by atoms with Gasteiger partial charge in [-0.3, -0.25) is 0 Å². The van der Waals surface area contributed by atoms with Crippen molar-refractivity contribution >= 4 is 0 Å². The fraction of sp³-hybridized carbons (Fsp3) is 0.833. The minimum Gasteiger partial charge on any atom is -0.0996 e. The zero-order valence-electron chi connectivity index (χ0n) is 9.19. The first-order chi connectivity index (χ1) is 5.54. The van der Waals surface area contributed by atoms with Crippen molar-refractivity contribution in [3.05, 3.63) is 12.2 Å². The molecular weight excluding hydrogens is 144 g/mol. The van der Waals surface area contributed by atoms with Gasteiger partial charge in [0, 0.05) is 0 Å². The highest BCUT2D eigenvalue weighted by molar-refractivity contribution is 4.96. The van der Waals surface area contributed by atoms with Crippen LogP contribution in [0.25, 0.3) is 0 Å². The lowest BCUT2D eigenvalue weighted by molar-refractivity contribution is 0.530. The van der Waals surface area contributed by atoms with Crippen LogP contribution >= 0.6 is 0 Å². The van der Waals surface area contributed by atoms with Crippen LogP contribution in [0.2, 0.25) is 0 Å². The minimum absolute atomic E-state index is 0.670. The number of rotatable bonds is 6. The average Bonchev–Trinajstić information content (AvgIpc) is 1.97. The summed E-state index contributed by atoms with van der Waals surface area (Å²) in [7, 11) is 0. The Morgan fingerprint density at radius 3 is 2.08 bits per heavy atom. The molecule has 0 bridgehead atoms. The molecule has 0 amide bonds. The van der Waals surface area contributed by atoms with Crippen LogP contribution in [0, 0.1) is 11.8 Å². The van der Waals surface area contributed by atoms with E-state index in [0.717, 1.165) is 5.92 Å². The Labute approximate surface area is 78.1 Å². The summed E-state index contributed by atoms with van der Waals surface area (Å²) in [5.41, 5.74) is 1.42. The maximum atomic E-state index is 4.07. The lowest BCUT2D eigenvalue weighted by Gasteiger charge is -2.09.